The van der Waals surface area contributed by atoms with Gasteiger partial charge in [0.05, 0.1) is 11.4 Å². The van der Waals surface area contributed by atoms with Crippen molar-refractivity contribution in [2.75, 3.05) is 0 Å². The number of carboxylic acid groups (broad SMARTS) is 1. The third-order valence-electron chi connectivity index (χ3n) is 2.01. The summed E-state index contributed by atoms with van der Waals surface area (Å²) in [6.45, 7) is 2.86. The molecule has 6 nitrogen and oxygen atoms in total. The molecule has 0 saturated carbocycles. The summed E-state index contributed by atoms with van der Waals surface area (Å²) in [4.78, 5) is 10.8. The smallest absolute Gasteiger partial charge is 0.321 e. The Morgan fingerprint density at radius 1 is 1.67 bits per heavy atom. The van der Waals surface area contributed by atoms with Crippen LogP contribution in [0.4, 0.5) is 0 Å². The molecule has 0 aromatic carbocycles. The van der Waals surface area contributed by atoms with Crippen molar-refractivity contribution in [1.29, 1.82) is 0 Å². The van der Waals surface area contributed by atoms with Gasteiger partial charge >= 0.3 is 5.97 Å². The molecule has 0 fully saturated rings. The van der Waals surface area contributed by atoms with E-state index in [1.54, 1.807) is 13.2 Å². The van der Waals surface area contributed by atoms with Crippen molar-refractivity contribution < 1.29 is 14.1 Å². The molecule has 0 aliphatic carbocycles. The van der Waals surface area contributed by atoms with Gasteiger partial charge in [-0.2, -0.15) is 0 Å². The number of hydrogen-bond donors (Lipinski definition) is 1. The van der Waals surface area contributed by atoms with E-state index in [1.807, 2.05) is 0 Å². The van der Waals surface area contributed by atoms with Crippen molar-refractivity contribution in [3.8, 4) is 0 Å². The van der Waals surface area contributed by atoms with Crippen molar-refractivity contribution in [3.63, 3.8) is 0 Å². The van der Waals surface area contributed by atoms with Crippen LogP contribution >= 0.6 is 0 Å². The molecule has 1 N–H and O–H groups in total. The molecule has 0 radical (unpaired) electrons. The van der Waals surface area contributed by atoms with Crippen LogP contribution in [-0.2, 0) is 28.4 Å². The normalized spacial score (nSPS) is 13.8. The number of aromatic nitrogens is 3. The van der Waals surface area contributed by atoms with Crippen LogP contribution < -0.4 is 0 Å². The van der Waals surface area contributed by atoms with Gasteiger partial charge in [-0.05, 0) is 13.8 Å². The number of hydrogen-bond acceptors (Lipinski definition) is 4. The Hall–Kier alpha value is -1.24. The summed E-state index contributed by atoms with van der Waals surface area (Å²) < 4.78 is 12.0. The van der Waals surface area contributed by atoms with E-state index in [4.69, 9.17) is 5.11 Å². The molecule has 0 aliphatic rings. The van der Waals surface area contributed by atoms with Crippen LogP contribution in [0.5, 0.6) is 0 Å². The van der Waals surface area contributed by atoms with Crippen LogP contribution in [0.3, 0.4) is 0 Å². The van der Waals surface area contributed by atoms with Gasteiger partial charge in [0.15, 0.2) is 0 Å². The first-order valence-corrected chi connectivity index (χ1v) is 5.63. The van der Waals surface area contributed by atoms with Crippen molar-refractivity contribution >= 4 is 16.8 Å². The first kappa shape index (κ1) is 11.8. The van der Waals surface area contributed by atoms with Crippen LogP contribution in [-0.4, -0.2) is 35.0 Å². The van der Waals surface area contributed by atoms with Crippen LogP contribution in [0.15, 0.2) is 6.20 Å². The Bertz CT molecular complexity index is 400. The fourth-order valence-electron chi connectivity index (χ4n) is 0.874. The van der Waals surface area contributed by atoms with Gasteiger partial charge in [0.1, 0.15) is 4.75 Å². The fourth-order valence-corrected chi connectivity index (χ4v) is 1.83. The molecule has 0 spiro atoms. The summed E-state index contributed by atoms with van der Waals surface area (Å²) in [5, 5.41) is 16.3. The summed E-state index contributed by atoms with van der Waals surface area (Å²) in [6, 6.07) is 0. The first-order valence-electron chi connectivity index (χ1n) is 4.31. The molecular weight excluding hydrogens is 218 g/mol. The van der Waals surface area contributed by atoms with E-state index in [0.717, 1.165) is 0 Å². The van der Waals surface area contributed by atoms with Gasteiger partial charge in [0.2, 0.25) is 0 Å². The lowest BCUT2D eigenvalue weighted by Gasteiger charge is -2.17. The third-order valence-corrected chi connectivity index (χ3v) is 3.88. The lowest BCUT2D eigenvalue weighted by Crippen LogP contribution is -2.37. The van der Waals surface area contributed by atoms with Gasteiger partial charge < -0.3 is 5.11 Å². The minimum atomic E-state index is -1.51. The molecule has 15 heavy (non-hydrogen) atoms. The number of carboxylic acids is 1. The second kappa shape index (κ2) is 4.09. The summed E-state index contributed by atoms with van der Waals surface area (Å²) in [7, 11) is 0.183. The van der Waals surface area contributed by atoms with E-state index in [1.165, 1.54) is 18.5 Å². The largest absolute Gasteiger partial charge is 0.480 e. The maximum atomic E-state index is 11.7. The first-order chi connectivity index (χ1) is 6.84. The Morgan fingerprint density at radius 3 is 2.67 bits per heavy atom. The van der Waals surface area contributed by atoms with Crippen molar-refractivity contribution in [2.24, 2.45) is 7.05 Å². The van der Waals surface area contributed by atoms with Gasteiger partial charge in [-0.15, -0.1) is 5.10 Å². The average molecular weight is 231 g/mol. The Morgan fingerprint density at radius 2 is 2.27 bits per heavy atom. The summed E-state index contributed by atoms with van der Waals surface area (Å²) in [6.07, 6.45) is 1.62. The van der Waals surface area contributed by atoms with E-state index in [-0.39, 0.29) is 5.75 Å². The molecule has 1 aromatic rings. The molecule has 1 heterocycles. The molecule has 7 heteroatoms. The second-order valence-electron chi connectivity index (χ2n) is 3.69. The molecular formula is C8H13N3O3S. The molecule has 0 saturated heterocycles. The van der Waals surface area contributed by atoms with E-state index >= 15 is 0 Å². The lowest BCUT2D eigenvalue weighted by molar-refractivity contribution is -0.139. The molecule has 0 bridgehead atoms. The Labute approximate surface area is 89.7 Å². The molecule has 1 atom stereocenters. The minimum Gasteiger partial charge on any atom is -0.480 e. The highest BCUT2D eigenvalue weighted by atomic mass is 32.2. The SMILES string of the molecule is Cn1cc(CS(=O)C(C)(C)C(=O)O)nn1. The summed E-state index contributed by atoms with van der Waals surface area (Å²) >= 11 is 0. The quantitative estimate of drug-likeness (QED) is 0.783. The molecule has 1 aromatic heterocycles. The highest BCUT2D eigenvalue weighted by Gasteiger charge is 2.34. The highest BCUT2D eigenvalue weighted by Crippen LogP contribution is 2.16. The maximum absolute atomic E-state index is 11.7. The lowest BCUT2D eigenvalue weighted by atomic mass is 10.2. The summed E-state index contributed by atoms with van der Waals surface area (Å²) in [5.41, 5.74) is 0.533. The standard InChI is InChI=1S/C8H13N3O3S/c1-8(2,7(12)13)15(14)5-6-4-11(3)10-9-6/h4H,5H2,1-3H3,(H,12,13). The van der Waals surface area contributed by atoms with Crippen molar-refractivity contribution in [3.05, 3.63) is 11.9 Å². The van der Waals surface area contributed by atoms with Gasteiger partial charge in [-0.25, -0.2) is 0 Å². The van der Waals surface area contributed by atoms with Gasteiger partial charge in [-0.1, -0.05) is 5.21 Å². The number of aryl methyl sites for hydroxylation is 1. The van der Waals surface area contributed by atoms with Gasteiger partial charge in [-0.3, -0.25) is 13.7 Å². The fraction of sp³-hybridized carbons (Fsp3) is 0.625. The Balaban J connectivity index is 2.76. The molecule has 0 amide bonds. The second-order valence-corrected chi connectivity index (χ2v) is 5.69. The average Bonchev–Trinajstić information content (AvgIpc) is 2.50. The molecule has 0 aliphatic heterocycles. The molecule has 84 valence electrons. The number of rotatable bonds is 4. The Kier molecular flexibility index (Phi) is 3.23. The van der Waals surface area contributed by atoms with E-state index in [0.29, 0.717) is 5.69 Å². The summed E-state index contributed by atoms with van der Waals surface area (Å²) in [5.74, 6) is -0.975. The highest BCUT2D eigenvalue weighted by molar-refractivity contribution is 7.86. The van der Waals surface area contributed by atoms with Crippen LogP contribution in [0.1, 0.15) is 19.5 Å². The van der Waals surface area contributed by atoms with Crippen LogP contribution in [0.25, 0.3) is 0 Å². The molecule has 1 unspecified atom stereocenters. The molecule has 1 rings (SSSR count). The van der Waals surface area contributed by atoms with E-state index < -0.39 is 21.5 Å². The van der Waals surface area contributed by atoms with Crippen molar-refractivity contribution in [1.82, 2.24) is 15.0 Å². The number of nitrogens with zero attached hydrogens (tertiary/aromatic N) is 3. The third kappa shape index (κ3) is 2.62. The zero-order chi connectivity index (χ0) is 11.6. The van der Waals surface area contributed by atoms with Crippen LogP contribution in [0, 0.1) is 0 Å². The number of aliphatic carboxylic acids is 1. The van der Waals surface area contributed by atoms with E-state index in [2.05, 4.69) is 10.3 Å². The zero-order valence-corrected chi connectivity index (χ0v) is 9.61. The monoisotopic (exact) mass is 231 g/mol. The maximum Gasteiger partial charge on any atom is 0.321 e. The predicted molar refractivity (Wildman–Crippen MR) is 54.6 cm³/mol. The van der Waals surface area contributed by atoms with Gasteiger partial charge in [0.25, 0.3) is 0 Å². The van der Waals surface area contributed by atoms with Crippen LogP contribution in [0.2, 0.25) is 0 Å². The topological polar surface area (TPSA) is 85.1 Å². The predicted octanol–water partition coefficient (Wildman–Crippen LogP) is -0.0730. The zero-order valence-electron chi connectivity index (χ0n) is 8.80. The minimum absolute atomic E-state index is 0.104. The van der Waals surface area contributed by atoms with Crippen molar-refractivity contribution in [2.45, 2.75) is 24.3 Å². The number of carbonyl (C=O) groups is 1. The van der Waals surface area contributed by atoms with Gasteiger partial charge in [0, 0.05) is 24.0 Å². The van der Waals surface area contributed by atoms with E-state index in [9.17, 15) is 9.00 Å².